The van der Waals surface area contributed by atoms with Crippen LogP contribution in [0.2, 0.25) is 0 Å². The largest absolute Gasteiger partial charge is 0.508 e. The maximum atomic E-state index is 9.41. The average Bonchev–Trinajstić information content (AvgIpc) is 2.32. The Morgan fingerprint density at radius 3 is 3.06 bits per heavy atom. The van der Waals surface area contributed by atoms with Crippen molar-refractivity contribution < 1.29 is 9.84 Å². The van der Waals surface area contributed by atoms with Crippen LogP contribution in [-0.4, -0.2) is 17.8 Å². The van der Waals surface area contributed by atoms with E-state index in [1.807, 2.05) is 25.7 Å². The summed E-state index contributed by atoms with van der Waals surface area (Å²) in [4.78, 5) is 0. The van der Waals surface area contributed by atoms with Gasteiger partial charge in [0, 0.05) is 19.2 Å². The molecule has 1 fully saturated rings. The van der Waals surface area contributed by atoms with E-state index in [-0.39, 0.29) is 0 Å². The highest BCUT2D eigenvalue weighted by Gasteiger charge is 2.13. The van der Waals surface area contributed by atoms with Crippen molar-refractivity contribution in [1.82, 2.24) is 5.32 Å². The highest BCUT2D eigenvalue weighted by atomic mass is 16.5. The van der Waals surface area contributed by atoms with E-state index in [0.717, 1.165) is 31.6 Å². The van der Waals surface area contributed by atoms with Crippen molar-refractivity contribution in [2.24, 2.45) is 0 Å². The zero-order chi connectivity index (χ0) is 11.4. The molecule has 2 rings (SSSR count). The van der Waals surface area contributed by atoms with Crippen LogP contribution in [0.5, 0.6) is 5.75 Å². The Hall–Kier alpha value is -1.06. The molecule has 3 nitrogen and oxygen atoms in total. The topological polar surface area (TPSA) is 41.5 Å². The fourth-order valence-electron chi connectivity index (χ4n) is 1.87. The molecule has 0 spiro atoms. The lowest BCUT2D eigenvalue weighted by atomic mass is 10.1. The summed E-state index contributed by atoms with van der Waals surface area (Å²) in [5, 5.41) is 12.8. The van der Waals surface area contributed by atoms with Crippen molar-refractivity contribution in [2.75, 3.05) is 6.61 Å². The first kappa shape index (κ1) is 11.4. The van der Waals surface area contributed by atoms with Crippen molar-refractivity contribution in [1.29, 1.82) is 0 Å². The third-order valence-electron chi connectivity index (χ3n) is 2.87. The molecule has 1 heterocycles. The van der Waals surface area contributed by atoms with E-state index in [0.29, 0.717) is 11.8 Å². The molecular weight excluding hydrogens is 202 g/mol. The summed E-state index contributed by atoms with van der Waals surface area (Å²) in [6.45, 7) is 5.45. The van der Waals surface area contributed by atoms with E-state index in [2.05, 4.69) is 5.32 Å². The standard InChI is InChI=1S/C13H18NO2/c1-10-7-11(4-5-13(10)15)8-14-12-3-2-6-16-9-12/h4-5,7,9,12,14-15H,2-3,6,8H2,1H3. The number of phenols is 1. The van der Waals surface area contributed by atoms with Gasteiger partial charge in [-0.15, -0.1) is 0 Å². The van der Waals surface area contributed by atoms with Gasteiger partial charge in [-0.1, -0.05) is 12.1 Å². The van der Waals surface area contributed by atoms with E-state index >= 15 is 0 Å². The van der Waals surface area contributed by atoms with Crippen LogP contribution >= 0.6 is 0 Å². The quantitative estimate of drug-likeness (QED) is 0.820. The third kappa shape index (κ3) is 2.97. The number of phenolic OH excluding ortho intramolecular Hbond substituents is 1. The first-order valence-electron chi connectivity index (χ1n) is 5.72. The summed E-state index contributed by atoms with van der Waals surface area (Å²) < 4.78 is 5.29. The van der Waals surface area contributed by atoms with Gasteiger partial charge in [-0.3, -0.25) is 0 Å². The molecule has 0 saturated carbocycles. The molecule has 1 saturated heterocycles. The number of hydrogen-bond donors (Lipinski definition) is 2. The second-order valence-corrected chi connectivity index (χ2v) is 4.26. The minimum Gasteiger partial charge on any atom is -0.508 e. The van der Waals surface area contributed by atoms with Gasteiger partial charge in [0.25, 0.3) is 0 Å². The molecule has 1 unspecified atom stereocenters. The summed E-state index contributed by atoms with van der Waals surface area (Å²) in [5.41, 5.74) is 2.11. The molecule has 0 amide bonds. The van der Waals surface area contributed by atoms with Crippen LogP contribution in [0.15, 0.2) is 18.2 Å². The summed E-state index contributed by atoms with van der Waals surface area (Å²) in [6, 6.07) is 6.04. The Morgan fingerprint density at radius 1 is 1.50 bits per heavy atom. The maximum absolute atomic E-state index is 9.41. The molecule has 2 N–H and O–H groups in total. The lowest BCUT2D eigenvalue weighted by Crippen LogP contribution is -2.32. The number of aromatic hydroxyl groups is 1. The Labute approximate surface area is 96.4 Å². The smallest absolute Gasteiger partial charge is 0.118 e. The van der Waals surface area contributed by atoms with Crippen molar-refractivity contribution in [3.8, 4) is 5.75 Å². The monoisotopic (exact) mass is 220 g/mol. The van der Waals surface area contributed by atoms with Gasteiger partial charge in [0.2, 0.25) is 0 Å². The summed E-state index contributed by atoms with van der Waals surface area (Å²) in [5.74, 6) is 0.358. The molecule has 1 aliphatic heterocycles. The van der Waals surface area contributed by atoms with Gasteiger partial charge in [0.1, 0.15) is 12.4 Å². The molecule has 3 heteroatoms. The number of rotatable bonds is 3. The second kappa shape index (κ2) is 5.32. The number of benzene rings is 1. The van der Waals surface area contributed by atoms with Crippen molar-refractivity contribution in [2.45, 2.75) is 32.4 Å². The normalized spacial score (nSPS) is 20.9. The van der Waals surface area contributed by atoms with Gasteiger partial charge in [-0.2, -0.15) is 0 Å². The Morgan fingerprint density at radius 2 is 2.38 bits per heavy atom. The number of nitrogens with one attached hydrogen (secondary N) is 1. The Bertz CT molecular complexity index is 346. The Kier molecular flexibility index (Phi) is 3.80. The van der Waals surface area contributed by atoms with Crippen LogP contribution in [0.4, 0.5) is 0 Å². The minimum atomic E-state index is 0.350. The zero-order valence-corrected chi connectivity index (χ0v) is 9.57. The first-order chi connectivity index (χ1) is 7.75. The third-order valence-corrected chi connectivity index (χ3v) is 2.87. The predicted octanol–water partition coefficient (Wildman–Crippen LogP) is 2.13. The molecule has 0 bridgehead atoms. The summed E-state index contributed by atoms with van der Waals surface area (Å²) in [6.07, 6.45) is 2.25. The summed E-state index contributed by atoms with van der Waals surface area (Å²) in [7, 11) is 0. The highest BCUT2D eigenvalue weighted by Crippen LogP contribution is 2.17. The lowest BCUT2D eigenvalue weighted by Gasteiger charge is -2.22. The van der Waals surface area contributed by atoms with Crippen molar-refractivity contribution >= 4 is 0 Å². The predicted molar refractivity (Wildman–Crippen MR) is 63.0 cm³/mol. The van der Waals surface area contributed by atoms with Gasteiger partial charge in [-0.25, -0.2) is 0 Å². The molecular formula is C13H18NO2. The van der Waals surface area contributed by atoms with Crippen LogP contribution in [0.1, 0.15) is 24.0 Å². The van der Waals surface area contributed by atoms with Gasteiger partial charge in [0.05, 0.1) is 0 Å². The van der Waals surface area contributed by atoms with Gasteiger partial charge in [0.15, 0.2) is 0 Å². The van der Waals surface area contributed by atoms with E-state index in [9.17, 15) is 5.11 Å². The second-order valence-electron chi connectivity index (χ2n) is 4.26. The lowest BCUT2D eigenvalue weighted by molar-refractivity contribution is 0.129. The van der Waals surface area contributed by atoms with Crippen LogP contribution in [-0.2, 0) is 11.3 Å². The number of aryl methyl sites for hydroxylation is 1. The van der Waals surface area contributed by atoms with Crippen LogP contribution in [0.3, 0.4) is 0 Å². The molecule has 87 valence electrons. The minimum absolute atomic E-state index is 0.350. The first-order valence-corrected chi connectivity index (χ1v) is 5.72. The zero-order valence-electron chi connectivity index (χ0n) is 9.57. The maximum Gasteiger partial charge on any atom is 0.118 e. The van der Waals surface area contributed by atoms with Gasteiger partial charge >= 0.3 is 0 Å². The van der Waals surface area contributed by atoms with Crippen molar-refractivity contribution in [3.05, 3.63) is 35.9 Å². The molecule has 1 radical (unpaired) electrons. The molecule has 1 aromatic rings. The van der Waals surface area contributed by atoms with Crippen LogP contribution in [0, 0.1) is 13.5 Å². The molecule has 16 heavy (non-hydrogen) atoms. The molecule has 0 aromatic heterocycles. The molecule has 1 aliphatic rings. The van der Waals surface area contributed by atoms with Gasteiger partial charge in [-0.05, 0) is 37.0 Å². The van der Waals surface area contributed by atoms with E-state index in [1.165, 1.54) is 5.56 Å². The number of ether oxygens (including phenoxy) is 1. The fourth-order valence-corrected chi connectivity index (χ4v) is 1.87. The molecule has 1 aromatic carbocycles. The number of hydrogen-bond acceptors (Lipinski definition) is 3. The molecule has 1 atom stereocenters. The fraction of sp³-hybridized carbons (Fsp3) is 0.462. The van der Waals surface area contributed by atoms with E-state index in [4.69, 9.17) is 4.74 Å². The van der Waals surface area contributed by atoms with Crippen LogP contribution in [0.25, 0.3) is 0 Å². The van der Waals surface area contributed by atoms with Crippen LogP contribution < -0.4 is 5.32 Å². The van der Waals surface area contributed by atoms with E-state index in [1.54, 1.807) is 6.07 Å². The molecule has 0 aliphatic carbocycles. The average molecular weight is 220 g/mol. The highest BCUT2D eigenvalue weighted by molar-refractivity contribution is 5.34. The summed E-state index contributed by atoms with van der Waals surface area (Å²) >= 11 is 0. The van der Waals surface area contributed by atoms with E-state index < -0.39 is 0 Å². The van der Waals surface area contributed by atoms with Gasteiger partial charge < -0.3 is 15.2 Å². The SMILES string of the molecule is Cc1cc(CNC2[CH]OCCC2)ccc1O. The van der Waals surface area contributed by atoms with Crippen molar-refractivity contribution in [3.63, 3.8) is 0 Å². The Balaban J connectivity index is 1.86.